The Morgan fingerprint density at radius 1 is 1.75 bits per heavy atom. The summed E-state index contributed by atoms with van der Waals surface area (Å²) in [4.78, 5) is 5.65. The van der Waals surface area contributed by atoms with E-state index in [4.69, 9.17) is 4.74 Å². The Hall–Kier alpha value is -0.410. The lowest BCUT2D eigenvalue weighted by molar-refractivity contribution is 0.186. The largest absolute Gasteiger partial charge is 0.381 e. The highest BCUT2D eigenvalue weighted by Crippen LogP contribution is 2.20. The monoisotopic (exact) mass is 183 g/mol. The van der Waals surface area contributed by atoms with Crippen molar-refractivity contribution < 1.29 is 4.74 Å². The molecule has 2 rings (SSSR count). The van der Waals surface area contributed by atoms with E-state index < -0.39 is 0 Å². The van der Waals surface area contributed by atoms with Crippen LogP contribution in [0.25, 0.3) is 0 Å². The molecule has 1 aromatic heterocycles. The lowest BCUT2D eigenvalue weighted by atomic mass is 10.1. The third kappa shape index (κ3) is 1.84. The normalized spacial score (nSPS) is 23.2. The predicted molar refractivity (Wildman–Crippen MR) is 49.5 cm³/mol. The van der Waals surface area contributed by atoms with Crippen molar-refractivity contribution in [3.63, 3.8) is 0 Å². The Kier molecular flexibility index (Phi) is 2.42. The highest BCUT2D eigenvalue weighted by Gasteiger charge is 2.17. The summed E-state index contributed by atoms with van der Waals surface area (Å²) in [5.41, 5.74) is 0. The zero-order valence-electron chi connectivity index (χ0n) is 7.25. The second-order valence-electron chi connectivity index (χ2n) is 3.30. The van der Waals surface area contributed by atoms with E-state index in [2.05, 4.69) is 11.9 Å². The highest BCUT2D eigenvalue weighted by molar-refractivity contribution is 7.11. The fourth-order valence-electron chi connectivity index (χ4n) is 1.49. The molecular weight excluding hydrogens is 170 g/mol. The second-order valence-corrected chi connectivity index (χ2v) is 4.62. The molecular formula is C9H13NOS. The van der Waals surface area contributed by atoms with Gasteiger partial charge in [0.2, 0.25) is 0 Å². The number of thiazole rings is 1. The maximum absolute atomic E-state index is 5.31. The molecule has 1 unspecified atom stereocenters. The second kappa shape index (κ2) is 3.54. The van der Waals surface area contributed by atoms with Crippen molar-refractivity contribution in [3.8, 4) is 0 Å². The van der Waals surface area contributed by atoms with Crippen molar-refractivity contribution >= 4 is 11.3 Å². The van der Waals surface area contributed by atoms with Crippen LogP contribution < -0.4 is 0 Å². The Bertz CT molecular complexity index is 253. The van der Waals surface area contributed by atoms with Gasteiger partial charge in [0, 0.05) is 30.7 Å². The van der Waals surface area contributed by atoms with Gasteiger partial charge in [-0.25, -0.2) is 4.98 Å². The van der Waals surface area contributed by atoms with E-state index in [0.29, 0.717) is 0 Å². The summed E-state index contributed by atoms with van der Waals surface area (Å²) in [5.74, 6) is 0.718. The third-order valence-corrected chi connectivity index (χ3v) is 3.09. The minimum absolute atomic E-state index is 0.718. The maximum atomic E-state index is 5.31. The number of rotatable bonds is 2. The lowest BCUT2D eigenvalue weighted by Gasteiger charge is -2.02. The van der Waals surface area contributed by atoms with Crippen LogP contribution in [-0.2, 0) is 11.2 Å². The first-order chi connectivity index (χ1) is 5.84. The van der Waals surface area contributed by atoms with Crippen molar-refractivity contribution in [3.05, 3.63) is 16.1 Å². The zero-order chi connectivity index (χ0) is 8.39. The molecule has 66 valence electrons. The lowest BCUT2D eigenvalue weighted by Crippen LogP contribution is -2.02. The molecule has 0 radical (unpaired) electrons. The number of ether oxygens (including phenoxy) is 1. The molecule has 2 nitrogen and oxygen atoms in total. The van der Waals surface area contributed by atoms with Crippen LogP contribution in [0.4, 0.5) is 0 Å². The van der Waals surface area contributed by atoms with Crippen molar-refractivity contribution in [1.82, 2.24) is 4.98 Å². The van der Waals surface area contributed by atoms with Gasteiger partial charge in [-0.15, -0.1) is 11.3 Å². The molecule has 0 amide bonds. The van der Waals surface area contributed by atoms with Crippen molar-refractivity contribution in [2.45, 2.75) is 19.8 Å². The van der Waals surface area contributed by atoms with E-state index in [9.17, 15) is 0 Å². The van der Waals surface area contributed by atoms with Crippen LogP contribution >= 0.6 is 11.3 Å². The molecule has 3 heteroatoms. The maximum Gasteiger partial charge on any atom is 0.0931 e. The molecule has 0 bridgehead atoms. The number of hydrogen-bond donors (Lipinski definition) is 0. The molecule has 1 atom stereocenters. The van der Waals surface area contributed by atoms with E-state index in [1.54, 1.807) is 0 Å². The fraction of sp³-hybridized carbons (Fsp3) is 0.667. The Morgan fingerprint density at radius 2 is 2.67 bits per heavy atom. The third-order valence-electron chi connectivity index (χ3n) is 2.16. The van der Waals surface area contributed by atoms with Crippen LogP contribution in [0.2, 0.25) is 0 Å². The van der Waals surface area contributed by atoms with E-state index in [1.165, 1.54) is 16.3 Å². The molecule has 12 heavy (non-hydrogen) atoms. The van der Waals surface area contributed by atoms with E-state index >= 15 is 0 Å². The van der Waals surface area contributed by atoms with Gasteiger partial charge >= 0.3 is 0 Å². The summed E-state index contributed by atoms with van der Waals surface area (Å²) in [6, 6.07) is 0. The number of nitrogens with zero attached hydrogens (tertiary/aromatic N) is 1. The summed E-state index contributed by atoms with van der Waals surface area (Å²) >= 11 is 1.81. The van der Waals surface area contributed by atoms with Crippen LogP contribution in [0, 0.1) is 12.8 Å². The molecule has 0 aromatic carbocycles. The van der Waals surface area contributed by atoms with Crippen LogP contribution in [0.5, 0.6) is 0 Å². The topological polar surface area (TPSA) is 22.1 Å². The molecule has 0 spiro atoms. The molecule has 1 aromatic rings. The smallest absolute Gasteiger partial charge is 0.0931 e. The predicted octanol–water partition coefficient (Wildman–Crippen LogP) is 2.03. The minimum atomic E-state index is 0.718. The first kappa shape index (κ1) is 8.20. The van der Waals surface area contributed by atoms with Crippen molar-refractivity contribution in [1.29, 1.82) is 0 Å². The van der Waals surface area contributed by atoms with Gasteiger partial charge in [-0.05, 0) is 19.3 Å². The molecule has 0 N–H and O–H groups in total. The van der Waals surface area contributed by atoms with Gasteiger partial charge in [0.25, 0.3) is 0 Å². The van der Waals surface area contributed by atoms with Crippen LogP contribution in [0.3, 0.4) is 0 Å². The van der Waals surface area contributed by atoms with Crippen LogP contribution in [0.15, 0.2) is 6.20 Å². The summed E-state index contributed by atoms with van der Waals surface area (Å²) in [7, 11) is 0. The minimum Gasteiger partial charge on any atom is -0.381 e. The van der Waals surface area contributed by atoms with Gasteiger partial charge in [-0.2, -0.15) is 0 Å². The quantitative estimate of drug-likeness (QED) is 0.700. The van der Waals surface area contributed by atoms with E-state index in [1.807, 2.05) is 17.5 Å². The molecule has 1 saturated heterocycles. The molecule has 2 heterocycles. The fourth-order valence-corrected chi connectivity index (χ4v) is 2.39. The van der Waals surface area contributed by atoms with Crippen LogP contribution in [0.1, 0.15) is 16.3 Å². The van der Waals surface area contributed by atoms with Crippen molar-refractivity contribution in [2.24, 2.45) is 5.92 Å². The van der Waals surface area contributed by atoms with E-state index in [0.717, 1.165) is 25.6 Å². The van der Waals surface area contributed by atoms with Gasteiger partial charge in [0.15, 0.2) is 0 Å². The number of aromatic nitrogens is 1. The molecule has 1 aliphatic heterocycles. The standard InChI is InChI=1S/C9H13NOS/c1-7-5-10-9(12-7)4-8-2-3-11-6-8/h5,8H,2-4,6H2,1H3. The summed E-state index contributed by atoms with van der Waals surface area (Å²) in [6.07, 6.45) is 4.27. The van der Waals surface area contributed by atoms with Gasteiger partial charge in [0.1, 0.15) is 0 Å². The molecule has 0 aliphatic carbocycles. The van der Waals surface area contributed by atoms with Crippen molar-refractivity contribution in [2.75, 3.05) is 13.2 Å². The van der Waals surface area contributed by atoms with Gasteiger partial charge in [-0.3, -0.25) is 0 Å². The molecule has 1 aliphatic rings. The Balaban J connectivity index is 1.94. The van der Waals surface area contributed by atoms with Gasteiger partial charge in [-0.1, -0.05) is 0 Å². The zero-order valence-corrected chi connectivity index (χ0v) is 8.06. The van der Waals surface area contributed by atoms with E-state index in [-0.39, 0.29) is 0 Å². The first-order valence-electron chi connectivity index (χ1n) is 4.33. The van der Waals surface area contributed by atoms with Gasteiger partial charge in [0.05, 0.1) is 5.01 Å². The SMILES string of the molecule is Cc1cnc(CC2CCOC2)s1. The average molecular weight is 183 g/mol. The number of aryl methyl sites for hydroxylation is 1. The van der Waals surface area contributed by atoms with Crippen LogP contribution in [-0.4, -0.2) is 18.2 Å². The number of hydrogen-bond acceptors (Lipinski definition) is 3. The molecule has 0 saturated carbocycles. The van der Waals surface area contributed by atoms with Gasteiger partial charge < -0.3 is 4.74 Å². The highest BCUT2D eigenvalue weighted by atomic mass is 32.1. The first-order valence-corrected chi connectivity index (χ1v) is 5.15. The summed E-state index contributed by atoms with van der Waals surface area (Å²) in [5, 5.41) is 1.27. The summed E-state index contributed by atoms with van der Waals surface area (Å²) in [6.45, 7) is 3.97. The Labute approximate surface area is 76.6 Å². The summed E-state index contributed by atoms with van der Waals surface area (Å²) < 4.78 is 5.31. The Morgan fingerprint density at radius 3 is 3.25 bits per heavy atom. The average Bonchev–Trinajstić information content (AvgIpc) is 2.63. The molecule has 1 fully saturated rings.